The molecule has 3 nitrogen and oxygen atoms in total. The van der Waals surface area contributed by atoms with Crippen molar-refractivity contribution in [3.63, 3.8) is 0 Å². The van der Waals surface area contributed by atoms with Crippen LogP contribution in [0.1, 0.15) is 12.2 Å². The summed E-state index contributed by atoms with van der Waals surface area (Å²) in [6.07, 6.45) is -0.0680. The van der Waals surface area contributed by atoms with Gasteiger partial charge in [0, 0.05) is 10.9 Å². The van der Waals surface area contributed by atoms with Gasteiger partial charge in [0.15, 0.2) is 0 Å². The van der Waals surface area contributed by atoms with Gasteiger partial charge in [-0.15, -0.1) is 0 Å². The lowest BCUT2D eigenvalue weighted by Crippen LogP contribution is -2.04. The summed E-state index contributed by atoms with van der Waals surface area (Å²) in [5, 5.41) is 16.0. The molecule has 2 aromatic heterocycles. The molecule has 0 atom stereocenters. The molecule has 0 bridgehead atoms. The lowest BCUT2D eigenvalue weighted by Gasteiger charge is -2.01. The first kappa shape index (κ1) is 10.8. The number of nitriles is 1. The van der Waals surface area contributed by atoms with Crippen LogP contribution in [0, 0.1) is 11.3 Å². The van der Waals surface area contributed by atoms with Crippen molar-refractivity contribution in [2.75, 3.05) is 0 Å². The number of thiophene rings is 1. The van der Waals surface area contributed by atoms with Crippen LogP contribution in [0.25, 0.3) is 11.3 Å². The number of hydrogen-bond acceptors (Lipinski definition) is 3. The minimum Gasteiger partial charge on any atom is -0.207 e. The first-order valence-electron chi connectivity index (χ1n) is 4.48. The number of alkyl halides is 2. The predicted octanol–water partition coefficient (Wildman–Crippen LogP) is 3.07. The third-order valence-corrected chi connectivity index (χ3v) is 2.76. The highest BCUT2D eigenvalue weighted by molar-refractivity contribution is 7.08. The van der Waals surface area contributed by atoms with Crippen molar-refractivity contribution in [3.05, 3.63) is 28.6 Å². The molecule has 82 valence electrons. The molecule has 2 heterocycles. The van der Waals surface area contributed by atoms with Crippen LogP contribution >= 0.6 is 11.3 Å². The quantitative estimate of drug-likeness (QED) is 0.825. The van der Waals surface area contributed by atoms with Crippen LogP contribution in [-0.4, -0.2) is 9.78 Å². The largest absolute Gasteiger partial charge is 0.333 e. The number of nitrogens with zero attached hydrogens (tertiary/aromatic N) is 3. The fraction of sp³-hybridized carbons (Fsp3) is 0.200. The van der Waals surface area contributed by atoms with Crippen LogP contribution in [0.2, 0.25) is 0 Å². The third kappa shape index (κ3) is 1.95. The molecule has 0 unspecified atom stereocenters. The van der Waals surface area contributed by atoms with E-state index in [0.29, 0.717) is 10.4 Å². The minimum absolute atomic E-state index is 0.0680. The van der Waals surface area contributed by atoms with E-state index in [0.717, 1.165) is 5.56 Å². The van der Waals surface area contributed by atoms with Gasteiger partial charge in [0.05, 0.1) is 23.9 Å². The van der Waals surface area contributed by atoms with Gasteiger partial charge in [-0.25, -0.2) is 4.68 Å². The van der Waals surface area contributed by atoms with E-state index in [1.165, 1.54) is 17.4 Å². The maximum atomic E-state index is 12.6. The van der Waals surface area contributed by atoms with Gasteiger partial charge in [-0.1, -0.05) is 0 Å². The molecule has 2 aromatic rings. The Balaban J connectivity index is 2.43. The number of rotatable bonds is 3. The summed E-state index contributed by atoms with van der Waals surface area (Å²) in [5.74, 6) is 0. The Bertz CT molecular complexity index is 511. The second-order valence-corrected chi connectivity index (χ2v) is 3.87. The van der Waals surface area contributed by atoms with Gasteiger partial charge in [0.1, 0.15) is 0 Å². The summed E-state index contributed by atoms with van der Waals surface area (Å²) < 4.78 is 25.8. The minimum atomic E-state index is -2.71. The number of hydrogen-bond donors (Lipinski definition) is 0. The first-order valence-corrected chi connectivity index (χ1v) is 5.42. The van der Waals surface area contributed by atoms with Crippen molar-refractivity contribution in [1.82, 2.24) is 9.78 Å². The molecule has 0 fully saturated rings. The fourth-order valence-corrected chi connectivity index (χ4v) is 2.02. The Morgan fingerprint density at radius 2 is 2.38 bits per heavy atom. The lowest BCUT2D eigenvalue weighted by molar-refractivity contribution is 0.0542. The van der Waals surface area contributed by atoms with Crippen molar-refractivity contribution < 1.29 is 8.78 Å². The van der Waals surface area contributed by atoms with E-state index in [1.807, 2.05) is 16.8 Å². The van der Waals surface area contributed by atoms with E-state index in [9.17, 15) is 8.78 Å². The maximum Gasteiger partial charge on any atom is 0.333 e. The van der Waals surface area contributed by atoms with E-state index in [2.05, 4.69) is 5.10 Å². The second-order valence-electron chi connectivity index (χ2n) is 3.09. The first-order chi connectivity index (χ1) is 7.72. The Morgan fingerprint density at radius 1 is 1.56 bits per heavy atom. The summed E-state index contributed by atoms with van der Waals surface area (Å²) >= 11 is 1.47. The normalized spacial score (nSPS) is 10.6. The maximum absolute atomic E-state index is 12.6. The van der Waals surface area contributed by atoms with E-state index in [-0.39, 0.29) is 12.1 Å². The van der Waals surface area contributed by atoms with Gasteiger partial charge in [-0.05, 0) is 17.5 Å². The highest BCUT2D eigenvalue weighted by atomic mass is 32.1. The zero-order valence-corrected chi connectivity index (χ0v) is 8.92. The van der Waals surface area contributed by atoms with Gasteiger partial charge in [0.25, 0.3) is 0 Å². The second kappa shape index (κ2) is 4.41. The van der Waals surface area contributed by atoms with Crippen LogP contribution in [-0.2, 0) is 6.42 Å². The van der Waals surface area contributed by atoms with Crippen molar-refractivity contribution in [2.24, 2.45) is 0 Å². The van der Waals surface area contributed by atoms with Gasteiger partial charge in [-0.2, -0.15) is 30.5 Å². The van der Waals surface area contributed by atoms with Crippen molar-refractivity contribution in [3.8, 4) is 17.3 Å². The summed E-state index contributed by atoms with van der Waals surface area (Å²) in [5.41, 5.74) is 1.51. The highest BCUT2D eigenvalue weighted by Crippen LogP contribution is 2.24. The number of aromatic nitrogens is 2. The molecule has 6 heteroatoms. The average molecular weight is 239 g/mol. The van der Waals surface area contributed by atoms with E-state index >= 15 is 0 Å². The molecule has 16 heavy (non-hydrogen) atoms. The SMILES string of the molecule is N#CCc1cc(-c2ccsc2)nn1C(F)F. The summed E-state index contributed by atoms with van der Waals surface area (Å²) in [4.78, 5) is 0. The van der Waals surface area contributed by atoms with Crippen molar-refractivity contribution in [1.29, 1.82) is 5.26 Å². The smallest absolute Gasteiger partial charge is 0.207 e. The van der Waals surface area contributed by atoms with Crippen molar-refractivity contribution >= 4 is 11.3 Å². The fourth-order valence-electron chi connectivity index (χ4n) is 1.37. The summed E-state index contributed by atoms with van der Waals surface area (Å²) in [6.45, 7) is -2.71. The molecule has 0 aliphatic carbocycles. The molecule has 0 amide bonds. The van der Waals surface area contributed by atoms with E-state index in [1.54, 1.807) is 6.07 Å². The zero-order valence-electron chi connectivity index (χ0n) is 8.10. The molecule has 0 saturated heterocycles. The molecular formula is C10H7F2N3S. The molecule has 0 aliphatic heterocycles. The molecule has 0 spiro atoms. The Hall–Kier alpha value is -1.74. The van der Waals surface area contributed by atoms with Gasteiger partial charge in [0.2, 0.25) is 0 Å². The lowest BCUT2D eigenvalue weighted by atomic mass is 10.2. The monoisotopic (exact) mass is 239 g/mol. The van der Waals surface area contributed by atoms with Crippen LogP contribution in [0.15, 0.2) is 22.9 Å². The molecule has 0 aliphatic rings. The topological polar surface area (TPSA) is 41.6 Å². The number of halogens is 2. The molecular weight excluding hydrogens is 232 g/mol. The molecule has 0 radical (unpaired) electrons. The van der Waals surface area contributed by atoms with Gasteiger partial charge in [-0.3, -0.25) is 0 Å². The van der Waals surface area contributed by atoms with Crippen LogP contribution in [0.5, 0.6) is 0 Å². The molecule has 0 N–H and O–H groups in total. The molecule has 0 saturated carbocycles. The average Bonchev–Trinajstić information content (AvgIpc) is 2.83. The van der Waals surface area contributed by atoms with Crippen LogP contribution in [0.3, 0.4) is 0 Å². The van der Waals surface area contributed by atoms with Gasteiger partial charge < -0.3 is 0 Å². The molecule has 0 aromatic carbocycles. The van der Waals surface area contributed by atoms with Gasteiger partial charge >= 0.3 is 6.55 Å². The Morgan fingerprint density at radius 3 is 2.94 bits per heavy atom. The van der Waals surface area contributed by atoms with Crippen LogP contribution in [0.4, 0.5) is 8.78 Å². The Labute approximate surface area is 94.6 Å². The zero-order chi connectivity index (χ0) is 11.5. The summed E-state index contributed by atoms with van der Waals surface area (Å²) in [7, 11) is 0. The van der Waals surface area contributed by atoms with E-state index < -0.39 is 6.55 Å². The van der Waals surface area contributed by atoms with Crippen LogP contribution < -0.4 is 0 Å². The Kier molecular flexibility index (Phi) is 2.97. The highest BCUT2D eigenvalue weighted by Gasteiger charge is 2.15. The van der Waals surface area contributed by atoms with E-state index in [4.69, 9.17) is 5.26 Å². The standard InChI is InChI=1S/C10H7F2N3S/c11-10(12)15-8(1-3-13)5-9(14-15)7-2-4-16-6-7/h2,4-6,10H,1H2. The van der Waals surface area contributed by atoms with Crippen molar-refractivity contribution in [2.45, 2.75) is 13.0 Å². The summed E-state index contributed by atoms with van der Waals surface area (Å²) in [6, 6.07) is 5.18. The third-order valence-electron chi connectivity index (χ3n) is 2.08. The molecule has 2 rings (SSSR count). The predicted molar refractivity (Wildman–Crippen MR) is 56.1 cm³/mol.